The van der Waals surface area contributed by atoms with Crippen molar-refractivity contribution < 1.29 is 14.3 Å². The molecule has 0 bridgehead atoms. The van der Waals surface area contributed by atoms with Crippen LogP contribution in [0.2, 0.25) is 0 Å². The van der Waals surface area contributed by atoms with Gasteiger partial charge in [-0.3, -0.25) is 4.79 Å². The summed E-state index contributed by atoms with van der Waals surface area (Å²) in [4.78, 5) is 11.1. The number of carbonyl (C=O) groups excluding carboxylic acids is 1. The number of rotatable bonds is 6. The quantitative estimate of drug-likeness (QED) is 0.833. The molecule has 4 nitrogen and oxygen atoms in total. The Morgan fingerprint density at radius 2 is 1.76 bits per heavy atom. The molecule has 1 N–H and O–H groups in total. The Balaban J connectivity index is 2.00. The first-order chi connectivity index (χ1) is 10.2. The Kier molecular flexibility index (Phi) is 5.46. The summed E-state index contributed by atoms with van der Waals surface area (Å²) in [5.74, 6) is 1.81. The summed E-state index contributed by atoms with van der Waals surface area (Å²) < 4.78 is 11.0. The summed E-state index contributed by atoms with van der Waals surface area (Å²) in [6.07, 6.45) is 0. The van der Waals surface area contributed by atoms with E-state index in [9.17, 15) is 4.79 Å². The first kappa shape index (κ1) is 15.2. The van der Waals surface area contributed by atoms with Crippen molar-refractivity contribution in [2.45, 2.75) is 6.54 Å². The van der Waals surface area contributed by atoms with E-state index in [0.717, 1.165) is 5.56 Å². The fraction of sp³-hybridized carbons (Fsp3) is 0.188. The van der Waals surface area contributed by atoms with Crippen molar-refractivity contribution in [3.63, 3.8) is 0 Å². The van der Waals surface area contributed by atoms with E-state index in [1.54, 1.807) is 7.11 Å². The normalized spacial score (nSPS) is 10.0. The van der Waals surface area contributed by atoms with E-state index in [1.807, 2.05) is 48.5 Å². The van der Waals surface area contributed by atoms with Gasteiger partial charge < -0.3 is 14.8 Å². The maximum absolute atomic E-state index is 11.1. The second-order valence-electron chi connectivity index (χ2n) is 4.31. The Bertz CT molecular complexity index is 599. The number of carbonyl (C=O) groups is 1. The third-order valence-corrected chi connectivity index (χ3v) is 3.07. The van der Waals surface area contributed by atoms with Crippen LogP contribution in [0.1, 0.15) is 5.56 Å². The van der Waals surface area contributed by atoms with Gasteiger partial charge in [-0.05, 0) is 29.8 Å². The van der Waals surface area contributed by atoms with Gasteiger partial charge in [0.25, 0.3) is 0 Å². The Hall–Kier alpha value is -2.20. The lowest BCUT2D eigenvalue weighted by atomic mass is 10.2. The molecule has 2 aromatic rings. The molecule has 110 valence electrons. The van der Waals surface area contributed by atoms with Crippen LogP contribution in [0.15, 0.2) is 48.5 Å². The minimum atomic E-state index is -0.189. The lowest BCUT2D eigenvalue weighted by molar-refractivity contribution is -0.118. The van der Waals surface area contributed by atoms with Gasteiger partial charge in [0.05, 0.1) is 7.11 Å². The summed E-state index contributed by atoms with van der Waals surface area (Å²) in [5.41, 5.74) is 0.973. The number of hydrogen-bond donors (Lipinski definition) is 1. The smallest absolute Gasteiger partial charge is 0.235 e. The van der Waals surface area contributed by atoms with Crippen molar-refractivity contribution in [2.75, 3.05) is 13.0 Å². The van der Waals surface area contributed by atoms with Crippen molar-refractivity contribution in [1.29, 1.82) is 0 Å². The maximum Gasteiger partial charge on any atom is 0.235 e. The number of halogens is 1. The molecule has 0 saturated carbocycles. The molecule has 0 atom stereocenters. The third kappa shape index (κ3) is 4.39. The van der Waals surface area contributed by atoms with Crippen LogP contribution < -0.4 is 14.8 Å². The van der Waals surface area contributed by atoms with E-state index in [-0.39, 0.29) is 11.8 Å². The van der Waals surface area contributed by atoms with Crippen molar-refractivity contribution in [3.05, 3.63) is 54.1 Å². The van der Waals surface area contributed by atoms with Crippen LogP contribution in [0, 0.1) is 0 Å². The van der Waals surface area contributed by atoms with E-state index in [2.05, 4.69) is 5.32 Å². The lowest BCUT2D eigenvalue weighted by Gasteiger charge is -2.10. The molecule has 0 fully saturated rings. The van der Waals surface area contributed by atoms with Crippen molar-refractivity contribution >= 4 is 17.5 Å². The molecule has 0 aliphatic heterocycles. The second kappa shape index (κ2) is 7.55. The van der Waals surface area contributed by atoms with Crippen molar-refractivity contribution in [3.8, 4) is 17.2 Å². The zero-order valence-electron chi connectivity index (χ0n) is 11.6. The number of benzene rings is 2. The Morgan fingerprint density at radius 3 is 2.38 bits per heavy atom. The highest BCUT2D eigenvalue weighted by Crippen LogP contribution is 2.30. The second-order valence-corrected chi connectivity index (χ2v) is 4.57. The van der Waals surface area contributed by atoms with Gasteiger partial charge in [-0.2, -0.15) is 0 Å². The fourth-order valence-electron chi connectivity index (χ4n) is 1.75. The van der Waals surface area contributed by atoms with E-state index >= 15 is 0 Å². The van der Waals surface area contributed by atoms with Crippen LogP contribution in [-0.2, 0) is 11.3 Å². The molecule has 0 heterocycles. The van der Waals surface area contributed by atoms with Gasteiger partial charge in [0.2, 0.25) is 5.91 Å². The van der Waals surface area contributed by atoms with Crippen molar-refractivity contribution in [2.24, 2.45) is 0 Å². The summed E-state index contributed by atoms with van der Waals surface area (Å²) in [6, 6.07) is 14.9. The number of methoxy groups -OCH3 is 1. The van der Waals surface area contributed by atoms with Gasteiger partial charge in [-0.25, -0.2) is 0 Å². The number of alkyl halides is 1. The zero-order chi connectivity index (χ0) is 15.1. The molecule has 0 radical (unpaired) electrons. The predicted molar refractivity (Wildman–Crippen MR) is 82.1 cm³/mol. The molecule has 5 heteroatoms. The fourth-order valence-corrected chi connectivity index (χ4v) is 1.85. The molecule has 21 heavy (non-hydrogen) atoms. The first-order valence-electron chi connectivity index (χ1n) is 6.45. The molecule has 1 amide bonds. The number of nitrogens with one attached hydrogen (secondary N) is 1. The molecule has 2 rings (SSSR count). The largest absolute Gasteiger partial charge is 0.493 e. The predicted octanol–water partition coefficient (Wildman–Crippen LogP) is 3.34. The average Bonchev–Trinajstić information content (AvgIpc) is 2.54. The van der Waals surface area contributed by atoms with Crippen molar-refractivity contribution in [1.82, 2.24) is 5.32 Å². The standard InChI is InChI=1S/C16H16ClNO3/c1-20-14-4-2-3-5-15(14)21-13-8-6-12(7-9-13)11-18-16(19)10-17/h2-9H,10-11H2,1H3,(H,18,19). The zero-order valence-corrected chi connectivity index (χ0v) is 12.4. The first-order valence-corrected chi connectivity index (χ1v) is 6.99. The van der Waals surface area contributed by atoms with Crippen LogP contribution in [0.5, 0.6) is 17.2 Å². The highest BCUT2D eigenvalue weighted by atomic mass is 35.5. The molecule has 2 aromatic carbocycles. The van der Waals surface area contributed by atoms with Gasteiger partial charge in [0.15, 0.2) is 11.5 Å². The van der Waals surface area contributed by atoms with Crippen LogP contribution in [-0.4, -0.2) is 18.9 Å². The van der Waals surface area contributed by atoms with Gasteiger partial charge >= 0.3 is 0 Å². The number of amides is 1. The van der Waals surface area contributed by atoms with Gasteiger partial charge in [-0.15, -0.1) is 11.6 Å². The monoisotopic (exact) mass is 305 g/mol. The number of hydrogen-bond acceptors (Lipinski definition) is 3. The minimum Gasteiger partial charge on any atom is -0.493 e. The number of para-hydroxylation sites is 2. The summed E-state index contributed by atoms with van der Waals surface area (Å²) >= 11 is 5.42. The van der Waals surface area contributed by atoms with Gasteiger partial charge in [0, 0.05) is 6.54 Å². The molecule has 0 spiro atoms. The van der Waals surface area contributed by atoms with Crippen LogP contribution >= 0.6 is 11.6 Å². The molecule has 0 saturated heterocycles. The Morgan fingerprint density at radius 1 is 1.10 bits per heavy atom. The van der Waals surface area contributed by atoms with Crippen LogP contribution in [0.3, 0.4) is 0 Å². The maximum atomic E-state index is 11.1. The van der Waals surface area contributed by atoms with E-state index in [1.165, 1.54) is 0 Å². The average molecular weight is 306 g/mol. The topological polar surface area (TPSA) is 47.6 Å². The van der Waals surface area contributed by atoms with Gasteiger partial charge in [0.1, 0.15) is 11.6 Å². The van der Waals surface area contributed by atoms with E-state index in [4.69, 9.17) is 21.1 Å². The highest BCUT2D eigenvalue weighted by molar-refractivity contribution is 6.27. The Labute approximate surface area is 128 Å². The summed E-state index contributed by atoms with van der Waals surface area (Å²) in [6.45, 7) is 0.445. The molecule has 0 aliphatic rings. The minimum absolute atomic E-state index is 0.0327. The molecule has 0 unspecified atom stereocenters. The van der Waals surface area contributed by atoms with E-state index in [0.29, 0.717) is 23.8 Å². The molecular weight excluding hydrogens is 290 g/mol. The molecule has 0 aromatic heterocycles. The van der Waals surface area contributed by atoms with Crippen LogP contribution in [0.25, 0.3) is 0 Å². The lowest BCUT2D eigenvalue weighted by Crippen LogP contribution is -2.23. The summed E-state index contributed by atoms with van der Waals surface area (Å²) in [5, 5.41) is 2.70. The van der Waals surface area contributed by atoms with E-state index < -0.39 is 0 Å². The third-order valence-electron chi connectivity index (χ3n) is 2.83. The van der Waals surface area contributed by atoms with Gasteiger partial charge in [-0.1, -0.05) is 24.3 Å². The van der Waals surface area contributed by atoms with Crippen LogP contribution in [0.4, 0.5) is 0 Å². The SMILES string of the molecule is COc1ccccc1Oc1ccc(CNC(=O)CCl)cc1. The molecular formula is C16H16ClNO3. The summed E-state index contributed by atoms with van der Waals surface area (Å²) in [7, 11) is 1.60. The molecule has 0 aliphatic carbocycles. The highest BCUT2D eigenvalue weighted by Gasteiger charge is 2.04. The number of ether oxygens (including phenoxy) is 2.